The van der Waals surface area contributed by atoms with Crippen LogP contribution in [0.1, 0.15) is 31.4 Å². The van der Waals surface area contributed by atoms with E-state index in [1.54, 1.807) is 12.1 Å². The number of nitrogens with zero attached hydrogens (tertiary/aromatic N) is 2. The lowest BCUT2D eigenvalue weighted by Crippen LogP contribution is -2.38. The van der Waals surface area contributed by atoms with Gasteiger partial charge in [-0.3, -0.25) is 9.59 Å². The lowest BCUT2D eigenvalue weighted by Gasteiger charge is -2.13. The van der Waals surface area contributed by atoms with Gasteiger partial charge in [-0.2, -0.15) is 5.10 Å². The number of anilines is 1. The highest BCUT2D eigenvalue weighted by molar-refractivity contribution is 5.76. The molecule has 1 aliphatic rings. The molecule has 0 saturated heterocycles. The van der Waals surface area contributed by atoms with Crippen molar-refractivity contribution in [1.29, 1.82) is 0 Å². The van der Waals surface area contributed by atoms with Crippen molar-refractivity contribution in [3.8, 4) is 11.5 Å². The molecule has 1 saturated carbocycles. The zero-order valence-corrected chi connectivity index (χ0v) is 13.0. The van der Waals surface area contributed by atoms with Crippen molar-refractivity contribution in [2.45, 2.75) is 45.2 Å². The topological polar surface area (TPSA) is 103 Å². The van der Waals surface area contributed by atoms with Gasteiger partial charge in [0.25, 0.3) is 5.56 Å². The molecule has 0 aromatic carbocycles. The second-order valence-electron chi connectivity index (χ2n) is 5.91. The van der Waals surface area contributed by atoms with E-state index in [9.17, 15) is 9.59 Å². The van der Waals surface area contributed by atoms with Crippen LogP contribution < -0.4 is 16.6 Å². The van der Waals surface area contributed by atoms with Crippen LogP contribution in [0.2, 0.25) is 0 Å². The number of nitrogen functional groups attached to an aromatic ring is 1. The molecule has 122 valence electrons. The molecule has 2 heterocycles. The maximum absolute atomic E-state index is 12.1. The molecule has 0 atom stereocenters. The number of aryl methyl sites for hydroxylation is 1. The van der Waals surface area contributed by atoms with Crippen molar-refractivity contribution in [1.82, 2.24) is 15.1 Å². The summed E-state index contributed by atoms with van der Waals surface area (Å²) in [4.78, 5) is 24.2. The van der Waals surface area contributed by atoms with Gasteiger partial charge >= 0.3 is 0 Å². The summed E-state index contributed by atoms with van der Waals surface area (Å²) in [5, 5.41) is 7.14. The van der Waals surface area contributed by atoms with Crippen molar-refractivity contribution < 1.29 is 9.21 Å². The molecule has 7 heteroatoms. The van der Waals surface area contributed by atoms with Gasteiger partial charge in [0, 0.05) is 6.04 Å². The summed E-state index contributed by atoms with van der Waals surface area (Å²) in [6, 6.07) is 5.22. The van der Waals surface area contributed by atoms with E-state index in [1.165, 1.54) is 6.07 Å². The van der Waals surface area contributed by atoms with Crippen LogP contribution in [0.5, 0.6) is 0 Å². The minimum absolute atomic E-state index is 0.0396. The number of amides is 1. The van der Waals surface area contributed by atoms with Crippen LogP contribution in [0, 0.1) is 6.92 Å². The van der Waals surface area contributed by atoms with Crippen LogP contribution in [0.15, 0.2) is 27.4 Å². The minimum atomic E-state index is -0.474. The molecule has 0 unspecified atom stereocenters. The third-order valence-corrected chi connectivity index (χ3v) is 4.01. The molecule has 23 heavy (non-hydrogen) atoms. The maximum Gasteiger partial charge on any atom is 0.290 e. The van der Waals surface area contributed by atoms with E-state index in [0.717, 1.165) is 36.1 Å². The van der Waals surface area contributed by atoms with Crippen LogP contribution in [-0.2, 0) is 11.3 Å². The SMILES string of the molecule is Cc1ccc(-c2cc(N)c(=O)n(CC(=O)NC3CCCC3)n2)o1. The molecule has 7 nitrogen and oxygen atoms in total. The first-order valence-corrected chi connectivity index (χ1v) is 7.77. The van der Waals surface area contributed by atoms with Gasteiger partial charge in [0.1, 0.15) is 23.7 Å². The lowest BCUT2D eigenvalue weighted by atomic mass is 10.2. The Morgan fingerprint density at radius 1 is 1.43 bits per heavy atom. The van der Waals surface area contributed by atoms with Gasteiger partial charge in [-0.25, -0.2) is 4.68 Å². The lowest BCUT2D eigenvalue weighted by molar-refractivity contribution is -0.122. The summed E-state index contributed by atoms with van der Waals surface area (Å²) < 4.78 is 6.59. The van der Waals surface area contributed by atoms with Gasteiger partial charge in [-0.05, 0) is 38.0 Å². The largest absolute Gasteiger partial charge is 0.460 e. The second-order valence-corrected chi connectivity index (χ2v) is 5.91. The predicted octanol–water partition coefficient (Wildman–Crippen LogP) is 1.45. The van der Waals surface area contributed by atoms with Crippen molar-refractivity contribution in [3.05, 3.63) is 34.3 Å². The summed E-state index contributed by atoms with van der Waals surface area (Å²) in [6.45, 7) is 1.67. The number of carbonyl (C=O) groups is 1. The van der Waals surface area contributed by atoms with Crippen LogP contribution in [0.25, 0.3) is 11.5 Å². The van der Waals surface area contributed by atoms with Crippen molar-refractivity contribution in [2.24, 2.45) is 0 Å². The molecule has 0 aliphatic heterocycles. The molecule has 1 amide bonds. The van der Waals surface area contributed by atoms with Crippen molar-refractivity contribution in [3.63, 3.8) is 0 Å². The quantitative estimate of drug-likeness (QED) is 0.888. The summed E-state index contributed by atoms with van der Waals surface area (Å²) in [5.41, 5.74) is 5.76. The molecule has 1 fully saturated rings. The Bertz CT molecular complexity index is 772. The highest BCUT2D eigenvalue weighted by atomic mass is 16.3. The average molecular weight is 316 g/mol. The van der Waals surface area contributed by atoms with Gasteiger partial charge in [0.2, 0.25) is 5.91 Å². The van der Waals surface area contributed by atoms with Crippen LogP contribution in [0.4, 0.5) is 5.69 Å². The first kappa shape index (κ1) is 15.3. The molecule has 2 aromatic rings. The van der Waals surface area contributed by atoms with E-state index >= 15 is 0 Å². The van der Waals surface area contributed by atoms with Gasteiger partial charge in [0.15, 0.2) is 5.76 Å². The highest BCUT2D eigenvalue weighted by Crippen LogP contribution is 2.20. The first-order chi connectivity index (χ1) is 11.0. The number of aromatic nitrogens is 2. The van der Waals surface area contributed by atoms with E-state index in [2.05, 4.69) is 10.4 Å². The first-order valence-electron chi connectivity index (χ1n) is 7.77. The van der Waals surface area contributed by atoms with Gasteiger partial charge in [-0.1, -0.05) is 12.8 Å². The number of hydrogen-bond donors (Lipinski definition) is 2. The number of furan rings is 1. The Balaban J connectivity index is 1.81. The third-order valence-electron chi connectivity index (χ3n) is 4.01. The molecule has 0 spiro atoms. The predicted molar refractivity (Wildman–Crippen MR) is 85.7 cm³/mol. The summed E-state index contributed by atoms with van der Waals surface area (Å²) >= 11 is 0. The monoisotopic (exact) mass is 316 g/mol. The van der Waals surface area contributed by atoms with E-state index in [-0.39, 0.29) is 24.2 Å². The summed E-state index contributed by atoms with van der Waals surface area (Å²) in [5.74, 6) is 1.02. The molecule has 3 N–H and O–H groups in total. The molecule has 2 aromatic heterocycles. The Morgan fingerprint density at radius 3 is 2.83 bits per heavy atom. The zero-order chi connectivity index (χ0) is 16.4. The number of rotatable bonds is 4. The fourth-order valence-corrected chi connectivity index (χ4v) is 2.84. The minimum Gasteiger partial charge on any atom is -0.460 e. The van der Waals surface area contributed by atoms with Crippen LogP contribution in [0.3, 0.4) is 0 Å². The molecule has 3 rings (SSSR count). The van der Waals surface area contributed by atoms with Gasteiger partial charge < -0.3 is 15.5 Å². The Hall–Kier alpha value is -2.57. The highest BCUT2D eigenvalue weighted by Gasteiger charge is 2.18. The second kappa shape index (κ2) is 6.28. The zero-order valence-electron chi connectivity index (χ0n) is 13.0. The maximum atomic E-state index is 12.1. The van der Waals surface area contributed by atoms with Crippen LogP contribution in [-0.4, -0.2) is 21.7 Å². The normalized spacial score (nSPS) is 15.0. The number of nitrogens with two attached hydrogens (primary N) is 1. The van der Waals surface area contributed by atoms with E-state index in [4.69, 9.17) is 10.2 Å². The number of carbonyl (C=O) groups excluding carboxylic acids is 1. The average Bonchev–Trinajstić information content (AvgIpc) is 3.15. The van der Waals surface area contributed by atoms with E-state index in [1.807, 2.05) is 6.92 Å². The van der Waals surface area contributed by atoms with Crippen molar-refractivity contribution >= 4 is 11.6 Å². The van der Waals surface area contributed by atoms with E-state index < -0.39 is 5.56 Å². The Labute approximate surface area is 133 Å². The fourth-order valence-electron chi connectivity index (χ4n) is 2.84. The molecule has 0 bridgehead atoms. The Kier molecular flexibility index (Phi) is 4.18. The molecular weight excluding hydrogens is 296 g/mol. The van der Waals surface area contributed by atoms with Crippen LogP contribution >= 0.6 is 0 Å². The van der Waals surface area contributed by atoms with Crippen molar-refractivity contribution in [2.75, 3.05) is 5.73 Å². The molecular formula is C16H20N4O3. The molecule has 0 radical (unpaired) electrons. The van der Waals surface area contributed by atoms with Gasteiger partial charge in [-0.15, -0.1) is 0 Å². The van der Waals surface area contributed by atoms with E-state index in [0.29, 0.717) is 11.5 Å². The summed E-state index contributed by atoms with van der Waals surface area (Å²) in [7, 11) is 0. The fraction of sp³-hybridized carbons (Fsp3) is 0.438. The number of nitrogens with one attached hydrogen (secondary N) is 1. The third kappa shape index (κ3) is 3.44. The summed E-state index contributed by atoms with van der Waals surface area (Å²) in [6.07, 6.45) is 4.23. The smallest absolute Gasteiger partial charge is 0.290 e. The molecule has 1 aliphatic carbocycles. The number of hydrogen-bond acceptors (Lipinski definition) is 5. The standard InChI is InChI=1S/C16H20N4O3/c1-10-6-7-14(23-10)13-8-12(17)16(22)20(19-13)9-15(21)18-11-4-2-3-5-11/h6-8,11H,2-5,9,17H2,1H3,(H,18,21). The van der Waals surface area contributed by atoms with Gasteiger partial charge in [0.05, 0.1) is 0 Å². The Morgan fingerprint density at radius 2 is 2.17 bits per heavy atom.